The van der Waals surface area contributed by atoms with Crippen molar-refractivity contribution in [3.05, 3.63) is 83.6 Å². The number of carbonyl (C=O) groups excluding carboxylic acids is 2. The monoisotopic (exact) mass is 352 g/mol. The lowest BCUT2D eigenvalue weighted by Gasteiger charge is -2.08. The maximum absolute atomic E-state index is 13.7. The van der Waals surface area contributed by atoms with E-state index >= 15 is 0 Å². The second kappa shape index (κ2) is 7.60. The van der Waals surface area contributed by atoms with E-state index in [-0.39, 0.29) is 17.1 Å². The Morgan fingerprint density at radius 3 is 2.46 bits per heavy atom. The molecule has 0 aliphatic carbocycles. The molecule has 0 radical (unpaired) electrons. The molecular weight excluding hydrogens is 335 g/mol. The topological polar surface area (TPSA) is 90.0 Å². The van der Waals surface area contributed by atoms with Crippen molar-refractivity contribution < 1.29 is 14.0 Å². The number of imidazole rings is 1. The van der Waals surface area contributed by atoms with Gasteiger partial charge in [0.1, 0.15) is 5.82 Å². The summed E-state index contributed by atoms with van der Waals surface area (Å²) in [7, 11) is 0. The van der Waals surface area contributed by atoms with Crippen LogP contribution in [0.5, 0.6) is 0 Å². The summed E-state index contributed by atoms with van der Waals surface area (Å²) in [4.78, 5) is 28.1. The second-order valence-corrected chi connectivity index (χ2v) is 5.67. The first kappa shape index (κ1) is 17.3. The van der Waals surface area contributed by atoms with Gasteiger partial charge in [-0.2, -0.15) is 0 Å². The minimum atomic E-state index is -0.723. The van der Waals surface area contributed by atoms with E-state index in [1.807, 2.05) is 30.3 Å². The molecule has 0 unspecified atom stereocenters. The fourth-order valence-corrected chi connectivity index (χ4v) is 2.62. The molecule has 0 saturated heterocycles. The number of aryl methyl sites for hydroxylation is 2. The number of nitrogens with zero attached hydrogens (tertiary/aromatic N) is 2. The van der Waals surface area contributed by atoms with Crippen LogP contribution in [0, 0.1) is 5.82 Å². The largest absolute Gasteiger partial charge is 0.364 e. The number of hydrogen-bond acceptors (Lipinski definition) is 3. The van der Waals surface area contributed by atoms with E-state index < -0.39 is 17.6 Å². The second-order valence-electron chi connectivity index (χ2n) is 5.67. The molecule has 132 valence electrons. The molecule has 1 aromatic heterocycles. The molecule has 0 saturated carbocycles. The number of nitrogens with two attached hydrogens (primary N) is 1. The number of nitrogens with one attached hydrogen (secondary N) is 1. The van der Waals surface area contributed by atoms with Crippen molar-refractivity contribution in [3.63, 3.8) is 0 Å². The molecule has 2 aromatic carbocycles. The third-order valence-electron chi connectivity index (χ3n) is 3.91. The predicted molar refractivity (Wildman–Crippen MR) is 95.2 cm³/mol. The minimum absolute atomic E-state index is 0.0128. The number of halogens is 1. The van der Waals surface area contributed by atoms with Gasteiger partial charge < -0.3 is 15.6 Å². The summed E-state index contributed by atoms with van der Waals surface area (Å²) in [6.07, 6.45) is 2.10. The minimum Gasteiger partial charge on any atom is -0.364 e. The number of primary amides is 1. The first-order valence-electron chi connectivity index (χ1n) is 8.01. The van der Waals surface area contributed by atoms with Crippen LogP contribution in [-0.2, 0) is 13.0 Å². The molecule has 0 fully saturated rings. The highest BCUT2D eigenvalue weighted by molar-refractivity contribution is 6.07. The van der Waals surface area contributed by atoms with Crippen molar-refractivity contribution in [2.24, 2.45) is 5.73 Å². The molecule has 0 bridgehead atoms. The first-order valence-corrected chi connectivity index (χ1v) is 8.01. The molecule has 1 heterocycles. The molecule has 0 atom stereocenters. The Bertz CT molecular complexity index is 938. The third kappa shape index (κ3) is 3.77. The summed E-state index contributed by atoms with van der Waals surface area (Å²) in [6.45, 7) is 0.463. The van der Waals surface area contributed by atoms with Crippen molar-refractivity contribution in [3.8, 4) is 0 Å². The van der Waals surface area contributed by atoms with Crippen molar-refractivity contribution in [2.75, 3.05) is 5.32 Å². The van der Waals surface area contributed by atoms with E-state index in [0.717, 1.165) is 5.56 Å². The number of carbonyl (C=O) groups is 2. The third-order valence-corrected chi connectivity index (χ3v) is 3.91. The lowest BCUT2D eigenvalue weighted by molar-refractivity contribution is 0.0992. The van der Waals surface area contributed by atoms with Crippen LogP contribution in [0.2, 0.25) is 0 Å². The van der Waals surface area contributed by atoms with E-state index in [2.05, 4.69) is 10.3 Å². The van der Waals surface area contributed by atoms with Gasteiger partial charge in [0, 0.05) is 6.54 Å². The van der Waals surface area contributed by atoms with Crippen molar-refractivity contribution in [2.45, 2.75) is 13.0 Å². The van der Waals surface area contributed by atoms with Gasteiger partial charge in [0.25, 0.3) is 11.8 Å². The first-order chi connectivity index (χ1) is 12.6. The lowest BCUT2D eigenvalue weighted by atomic mass is 10.1. The van der Waals surface area contributed by atoms with Crippen molar-refractivity contribution in [1.29, 1.82) is 0 Å². The van der Waals surface area contributed by atoms with Crippen molar-refractivity contribution >= 4 is 17.6 Å². The Morgan fingerprint density at radius 1 is 1.08 bits per heavy atom. The van der Waals surface area contributed by atoms with Gasteiger partial charge in [-0.3, -0.25) is 9.59 Å². The van der Waals surface area contributed by atoms with Crippen LogP contribution in [0.1, 0.15) is 26.4 Å². The normalized spacial score (nSPS) is 10.5. The highest BCUT2D eigenvalue weighted by atomic mass is 19.1. The van der Waals surface area contributed by atoms with Crippen molar-refractivity contribution in [1.82, 2.24) is 9.55 Å². The fourth-order valence-electron chi connectivity index (χ4n) is 2.62. The number of anilines is 1. The highest BCUT2D eigenvalue weighted by Gasteiger charge is 2.20. The van der Waals surface area contributed by atoms with Gasteiger partial charge in [0.05, 0.1) is 11.9 Å². The molecule has 26 heavy (non-hydrogen) atoms. The summed E-state index contributed by atoms with van der Waals surface area (Å²) < 4.78 is 15.3. The van der Waals surface area contributed by atoms with E-state index in [0.29, 0.717) is 13.0 Å². The summed E-state index contributed by atoms with van der Waals surface area (Å²) >= 11 is 0. The molecule has 3 rings (SSSR count). The Hall–Kier alpha value is -3.48. The fraction of sp³-hybridized carbons (Fsp3) is 0.105. The molecule has 3 aromatic rings. The Morgan fingerprint density at radius 2 is 1.77 bits per heavy atom. The van der Waals surface area contributed by atoms with Crippen LogP contribution >= 0.6 is 0 Å². The van der Waals surface area contributed by atoms with E-state index in [1.54, 1.807) is 10.6 Å². The van der Waals surface area contributed by atoms with Crippen LogP contribution in [-0.4, -0.2) is 21.4 Å². The van der Waals surface area contributed by atoms with Crippen LogP contribution in [0.3, 0.4) is 0 Å². The van der Waals surface area contributed by atoms with Gasteiger partial charge in [0.15, 0.2) is 11.5 Å². The molecule has 6 nitrogen and oxygen atoms in total. The molecule has 2 amide bonds. The zero-order valence-electron chi connectivity index (χ0n) is 13.9. The number of amides is 2. The van der Waals surface area contributed by atoms with Gasteiger partial charge in [-0.25, -0.2) is 9.37 Å². The summed E-state index contributed by atoms with van der Waals surface area (Å²) in [6, 6.07) is 15.3. The number of aromatic nitrogens is 2. The summed E-state index contributed by atoms with van der Waals surface area (Å²) in [5.41, 5.74) is 6.48. The standard InChI is InChI=1S/C19H17FN4O2/c20-15-9-5-4-8-14(15)19(26)23-18-16(17(21)25)24(12-22-18)11-10-13-6-2-1-3-7-13/h1-9,12H,10-11H2,(H2,21,25)(H,23,26). The summed E-state index contributed by atoms with van der Waals surface area (Å²) in [5, 5.41) is 2.46. The molecule has 0 aliphatic heterocycles. The van der Waals surface area contributed by atoms with Gasteiger partial charge >= 0.3 is 0 Å². The highest BCUT2D eigenvalue weighted by Crippen LogP contribution is 2.16. The average molecular weight is 352 g/mol. The molecule has 3 N–H and O–H groups in total. The molecule has 7 heteroatoms. The number of hydrogen-bond donors (Lipinski definition) is 2. The molecular formula is C19H17FN4O2. The van der Waals surface area contributed by atoms with E-state index in [9.17, 15) is 14.0 Å². The molecule has 0 spiro atoms. The van der Waals surface area contributed by atoms with Crippen LogP contribution in [0.25, 0.3) is 0 Å². The Labute approximate surface area is 149 Å². The lowest BCUT2D eigenvalue weighted by Crippen LogP contribution is -2.22. The Kier molecular flexibility index (Phi) is 5.07. The quantitative estimate of drug-likeness (QED) is 0.714. The smallest absolute Gasteiger partial charge is 0.269 e. The van der Waals surface area contributed by atoms with Gasteiger partial charge in [-0.15, -0.1) is 0 Å². The Balaban J connectivity index is 1.80. The molecule has 0 aliphatic rings. The zero-order chi connectivity index (χ0) is 18.5. The SMILES string of the molecule is NC(=O)c1c(NC(=O)c2ccccc2F)ncn1CCc1ccccc1. The van der Waals surface area contributed by atoms with E-state index in [1.165, 1.54) is 24.5 Å². The maximum Gasteiger partial charge on any atom is 0.269 e. The summed E-state index contributed by atoms with van der Waals surface area (Å²) in [5.74, 6) is -2.06. The number of benzene rings is 2. The zero-order valence-corrected chi connectivity index (χ0v) is 13.9. The van der Waals surface area contributed by atoms with Gasteiger partial charge in [0.2, 0.25) is 0 Å². The van der Waals surface area contributed by atoms with Gasteiger partial charge in [-0.1, -0.05) is 42.5 Å². The maximum atomic E-state index is 13.7. The predicted octanol–water partition coefficient (Wildman–Crippen LogP) is 2.62. The van der Waals surface area contributed by atoms with E-state index in [4.69, 9.17) is 5.73 Å². The van der Waals surface area contributed by atoms with Gasteiger partial charge in [-0.05, 0) is 24.1 Å². The van der Waals surface area contributed by atoms with Crippen LogP contribution in [0.15, 0.2) is 60.9 Å². The average Bonchev–Trinajstić information content (AvgIpc) is 3.04. The number of rotatable bonds is 6. The van der Waals surface area contributed by atoms with Crippen LogP contribution < -0.4 is 11.1 Å². The van der Waals surface area contributed by atoms with Crippen LogP contribution in [0.4, 0.5) is 10.2 Å².